The highest BCUT2D eigenvalue weighted by atomic mass is 16.5. The average molecular weight is 421 g/mol. The van der Waals surface area contributed by atoms with E-state index in [1.807, 2.05) is 39.8 Å². The molecule has 1 aromatic carbocycles. The lowest BCUT2D eigenvalue weighted by Gasteiger charge is -2.43. The lowest BCUT2D eigenvalue weighted by molar-refractivity contribution is -0.139. The molecule has 2 aromatic rings. The number of amides is 2. The van der Waals surface area contributed by atoms with Crippen molar-refractivity contribution in [2.45, 2.75) is 31.3 Å². The van der Waals surface area contributed by atoms with E-state index in [0.29, 0.717) is 19.6 Å². The van der Waals surface area contributed by atoms with Gasteiger partial charge >= 0.3 is 0 Å². The maximum Gasteiger partial charge on any atom is 0.250 e. The van der Waals surface area contributed by atoms with Crippen molar-refractivity contribution in [1.29, 1.82) is 0 Å². The highest BCUT2D eigenvalue weighted by molar-refractivity contribution is 5.90. The van der Waals surface area contributed by atoms with Gasteiger partial charge in [0.25, 0.3) is 5.56 Å². The molecule has 3 aliphatic rings. The number of aromatic nitrogens is 1. The van der Waals surface area contributed by atoms with Crippen molar-refractivity contribution in [2.75, 3.05) is 27.2 Å². The molecule has 0 radical (unpaired) electrons. The molecule has 162 valence electrons. The van der Waals surface area contributed by atoms with Gasteiger partial charge in [0.15, 0.2) is 0 Å². The Bertz CT molecular complexity index is 1080. The molecule has 2 saturated heterocycles. The van der Waals surface area contributed by atoms with E-state index in [-0.39, 0.29) is 41.7 Å². The van der Waals surface area contributed by atoms with E-state index in [2.05, 4.69) is 0 Å². The molecule has 3 aliphatic heterocycles. The number of methoxy groups -OCH3 is 1. The van der Waals surface area contributed by atoms with Gasteiger partial charge in [-0.1, -0.05) is 18.2 Å². The predicted octanol–water partition coefficient (Wildman–Crippen LogP) is 2.02. The van der Waals surface area contributed by atoms with E-state index in [0.717, 1.165) is 23.4 Å². The first-order valence-corrected chi connectivity index (χ1v) is 10.8. The number of piperidine rings is 1. The number of pyridine rings is 1. The van der Waals surface area contributed by atoms with E-state index < -0.39 is 5.92 Å². The number of hydrogen-bond donors (Lipinski definition) is 0. The van der Waals surface area contributed by atoms with Crippen LogP contribution in [0.3, 0.4) is 0 Å². The van der Waals surface area contributed by atoms with Gasteiger partial charge in [-0.05, 0) is 36.1 Å². The summed E-state index contributed by atoms with van der Waals surface area (Å²) in [7, 11) is 3.39. The molecule has 0 N–H and O–H groups in total. The third kappa shape index (κ3) is 3.32. The molecule has 5 rings (SSSR count). The van der Waals surface area contributed by atoms with Gasteiger partial charge in [0, 0.05) is 50.8 Å². The van der Waals surface area contributed by atoms with Crippen molar-refractivity contribution < 1.29 is 14.3 Å². The van der Waals surface area contributed by atoms with Gasteiger partial charge in [0.1, 0.15) is 5.75 Å². The fourth-order valence-corrected chi connectivity index (χ4v) is 5.66. The zero-order valence-corrected chi connectivity index (χ0v) is 17.9. The smallest absolute Gasteiger partial charge is 0.250 e. The zero-order valence-electron chi connectivity index (χ0n) is 17.9. The normalized spacial score (nSPS) is 27.2. The molecule has 0 unspecified atom stereocenters. The number of hydrogen-bond acceptors (Lipinski definition) is 4. The van der Waals surface area contributed by atoms with Crippen molar-refractivity contribution in [3.05, 3.63) is 64.1 Å². The molecule has 0 spiro atoms. The van der Waals surface area contributed by atoms with Crippen LogP contribution in [0.1, 0.15) is 36.1 Å². The summed E-state index contributed by atoms with van der Waals surface area (Å²) in [6, 6.07) is 12.7. The van der Waals surface area contributed by atoms with E-state index >= 15 is 0 Å². The second kappa shape index (κ2) is 7.55. The molecule has 2 bridgehead atoms. The number of likely N-dealkylation sites (tertiary alicyclic amines) is 2. The minimum Gasteiger partial charge on any atom is -0.497 e. The molecular weight excluding hydrogens is 394 g/mol. The van der Waals surface area contributed by atoms with Crippen LogP contribution in [0.2, 0.25) is 0 Å². The quantitative estimate of drug-likeness (QED) is 0.760. The standard InChI is InChI=1S/C24H27N3O4/c1-25-22(29)11-19(23(25)16-6-8-18(31-2)9-7-16)24(30)26-12-15-10-17(14-26)20-4-3-5-21(28)27(20)13-15/h3-9,15,17,19,23H,10-14H2,1-2H3/t15-,17+,19-,23+/m0/s1. The second-order valence-electron chi connectivity index (χ2n) is 8.97. The van der Waals surface area contributed by atoms with Crippen molar-refractivity contribution in [1.82, 2.24) is 14.4 Å². The molecule has 4 heterocycles. The SMILES string of the molecule is COc1ccc([C@@H]2[C@@H](C(=O)N3C[C@@H]4C[C@H](C3)c3cccc(=O)n3C4)CC(=O)N2C)cc1. The molecule has 2 amide bonds. The Balaban J connectivity index is 1.41. The summed E-state index contributed by atoms with van der Waals surface area (Å²) in [6.07, 6.45) is 1.23. The second-order valence-corrected chi connectivity index (χ2v) is 8.97. The molecule has 0 aliphatic carbocycles. The number of fused-ring (bicyclic) bond motifs is 4. The van der Waals surface area contributed by atoms with Crippen molar-refractivity contribution in [3.8, 4) is 5.75 Å². The average Bonchev–Trinajstić information content (AvgIpc) is 3.08. The number of carbonyl (C=O) groups is 2. The summed E-state index contributed by atoms with van der Waals surface area (Å²) in [5.74, 6) is 0.816. The van der Waals surface area contributed by atoms with E-state index in [1.165, 1.54) is 0 Å². The molecule has 31 heavy (non-hydrogen) atoms. The Morgan fingerprint density at radius 2 is 1.81 bits per heavy atom. The van der Waals surface area contributed by atoms with Gasteiger partial charge in [-0.2, -0.15) is 0 Å². The Morgan fingerprint density at radius 3 is 2.55 bits per heavy atom. The fraction of sp³-hybridized carbons (Fsp3) is 0.458. The lowest BCUT2D eigenvalue weighted by Crippen LogP contribution is -2.51. The number of benzene rings is 1. The Hall–Kier alpha value is -3.09. The minimum absolute atomic E-state index is 0.00623. The van der Waals surface area contributed by atoms with Crippen LogP contribution in [0.25, 0.3) is 0 Å². The molecule has 7 nitrogen and oxygen atoms in total. The fourth-order valence-electron chi connectivity index (χ4n) is 5.66. The summed E-state index contributed by atoms with van der Waals surface area (Å²) >= 11 is 0. The number of rotatable bonds is 3. The van der Waals surface area contributed by atoms with Crippen LogP contribution in [0.4, 0.5) is 0 Å². The minimum atomic E-state index is -0.400. The first-order chi connectivity index (χ1) is 15.0. The number of nitrogens with zero attached hydrogens (tertiary/aromatic N) is 3. The third-order valence-corrected chi connectivity index (χ3v) is 7.15. The highest BCUT2D eigenvalue weighted by Gasteiger charge is 2.46. The van der Waals surface area contributed by atoms with Gasteiger partial charge in [-0.3, -0.25) is 14.4 Å². The molecule has 4 atom stereocenters. The molecule has 7 heteroatoms. The third-order valence-electron chi connectivity index (χ3n) is 7.15. The van der Waals surface area contributed by atoms with Gasteiger partial charge in [-0.15, -0.1) is 0 Å². The molecule has 1 aromatic heterocycles. The largest absolute Gasteiger partial charge is 0.497 e. The summed E-state index contributed by atoms with van der Waals surface area (Å²) in [6.45, 7) is 1.89. The lowest BCUT2D eigenvalue weighted by atomic mass is 9.82. The Kier molecular flexibility index (Phi) is 4.84. The van der Waals surface area contributed by atoms with Gasteiger partial charge in [-0.25, -0.2) is 0 Å². The van der Waals surface area contributed by atoms with Gasteiger partial charge < -0.3 is 19.1 Å². The summed E-state index contributed by atoms with van der Waals surface area (Å²) in [4.78, 5) is 42.1. The summed E-state index contributed by atoms with van der Waals surface area (Å²) in [5, 5.41) is 0. The van der Waals surface area contributed by atoms with Crippen LogP contribution in [-0.4, -0.2) is 53.4 Å². The van der Waals surface area contributed by atoms with E-state index in [1.54, 1.807) is 31.2 Å². The van der Waals surface area contributed by atoms with Crippen LogP contribution in [0.5, 0.6) is 5.75 Å². The number of ether oxygens (including phenoxy) is 1. The predicted molar refractivity (Wildman–Crippen MR) is 115 cm³/mol. The van der Waals surface area contributed by atoms with Crippen molar-refractivity contribution in [3.63, 3.8) is 0 Å². The Labute approximate surface area is 181 Å². The Morgan fingerprint density at radius 1 is 1.03 bits per heavy atom. The first kappa shape index (κ1) is 19.8. The molecular formula is C24H27N3O4. The van der Waals surface area contributed by atoms with Crippen LogP contribution < -0.4 is 10.3 Å². The first-order valence-electron chi connectivity index (χ1n) is 10.8. The van der Waals surface area contributed by atoms with Crippen molar-refractivity contribution in [2.24, 2.45) is 11.8 Å². The van der Waals surface area contributed by atoms with E-state index in [4.69, 9.17) is 4.74 Å². The van der Waals surface area contributed by atoms with Crippen LogP contribution >= 0.6 is 0 Å². The maximum absolute atomic E-state index is 13.7. The van der Waals surface area contributed by atoms with Gasteiger partial charge in [0.2, 0.25) is 11.8 Å². The maximum atomic E-state index is 13.7. The highest BCUT2D eigenvalue weighted by Crippen LogP contribution is 2.41. The van der Waals surface area contributed by atoms with Crippen LogP contribution in [0.15, 0.2) is 47.3 Å². The molecule has 0 saturated carbocycles. The van der Waals surface area contributed by atoms with Gasteiger partial charge in [0.05, 0.1) is 19.1 Å². The van der Waals surface area contributed by atoms with Crippen molar-refractivity contribution >= 4 is 11.8 Å². The number of carbonyl (C=O) groups excluding carboxylic acids is 2. The topological polar surface area (TPSA) is 71.8 Å². The van der Waals surface area contributed by atoms with Crippen LogP contribution in [-0.2, 0) is 16.1 Å². The summed E-state index contributed by atoms with van der Waals surface area (Å²) < 4.78 is 7.12. The monoisotopic (exact) mass is 421 g/mol. The molecule has 2 fully saturated rings. The zero-order chi connectivity index (χ0) is 21.7. The van der Waals surface area contributed by atoms with E-state index in [9.17, 15) is 14.4 Å². The van der Waals surface area contributed by atoms with Crippen LogP contribution in [0, 0.1) is 11.8 Å². The summed E-state index contributed by atoms with van der Waals surface area (Å²) in [5.41, 5.74) is 2.00.